The molecule has 0 unspecified atom stereocenters. The highest BCUT2D eigenvalue weighted by molar-refractivity contribution is 7.89. The van der Waals surface area contributed by atoms with E-state index in [1.807, 2.05) is 6.07 Å². The van der Waals surface area contributed by atoms with Gasteiger partial charge in [-0.2, -0.15) is 5.26 Å². The van der Waals surface area contributed by atoms with E-state index >= 15 is 0 Å². The van der Waals surface area contributed by atoms with E-state index in [2.05, 4.69) is 9.71 Å². The molecule has 0 saturated heterocycles. The third-order valence-corrected chi connectivity index (χ3v) is 4.19. The Morgan fingerprint density at radius 3 is 2.70 bits per heavy atom. The minimum atomic E-state index is -3.85. The molecule has 1 aromatic heterocycles. The number of hydrogen-bond acceptors (Lipinski definition) is 5. The molecule has 1 heterocycles. The summed E-state index contributed by atoms with van der Waals surface area (Å²) in [5, 5.41) is 17.4. The highest BCUT2D eigenvalue weighted by Crippen LogP contribution is 2.17. The highest BCUT2D eigenvalue weighted by Gasteiger charge is 2.27. The van der Waals surface area contributed by atoms with Gasteiger partial charge in [-0.3, -0.25) is 9.78 Å². The molecule has 0 aliphatic rings. The molecular weight excluding hydrogens is 282 g/mol. The molecule has 0 spiro atoms. The molecule has 108 valence electrons. The number of carbonyl (C=O) groups is 1. The fraction of sp³-hybridized carbons (Fsp3) is 0.417. The van der Waals surface area contributed by atoms with Crippen molar-refractivity contribution in [1.29, 1.82) is 5.26 Å². The maximum atomic E-state index is 12.2. The molecule has 7 nitrogen and oxygen atoms in total. The third kappa shape index (κ3) is 4.60. The summed E-state index contributed by atoms with van der Waals surface area (Å²) in [6.07, 6.45) is 2.39. The standard InChI is InChI=1S/C12H15N3O4S/c1-12(2,4-3-11(16)17)15-20(18,19)10-5-9(6-13)7-14-8-10/h5,7-8,15H,3-4H2,1-2H3,(H,16,17). The number of nitriles is 1. The van der Waals surface area contributed by atoms with Crippen LogP contribution in [0.2, 0.25) is 0 Å². The van der Waals surface area contributed by atoms with Crippen molar-refractivity contribution in [2.45, 2.75) is 37.1 Å². The Morgan fingerprint density at radius 2 is 2.15 bits per heavy atom. The second-order valence-electron chi connectivity index (χ2n) is 4.90. The molecule has 8 heteroatoms. The van der Waals surface area contributed by atoms with Gasteiger partial charge in [0.15, 0.2) is 0 Å². The molecule has 0 atom stereocenters. The van der Waals surface area contributed by atoms with Crippen molar-refractivity contribution >= 4 is 16.0 Å². The van der Waals surface area contributed by atoms with Gasteiger partial charge in [0.05, 0.1) is 5.56 Å². The van der Waals surface area contributed by atoms with Crippen molar-refractivity contribution in [3.63, 3.8) is 0 Å². The highest BCUT2D eigenvalue weighted by atomic mass is 32.2. The van der Waals surface area contributed by atoms with Crippen LogP contribution in [0.15, 0.2) is 23.4 Å². The SMILES string of the molecule is CC(C)(CCC(=O)O)NS(=O)(=O)c1cncc(C#N)c1. The van der Waals surface area contributed by atoms with Crippen LogP contribution in [-0.4, -0.2) is 30.0 Å². The zero-order valence-electron chi connectivity index (χ0n) is 11.1. The molecule has 20 heavy (non-hydrogen) atoms. The summed E-state index contributed by atoms with van der Waals surface area (Å²) in [5.74, 6) is -0.995. The average Bonchev–Trinajstić information content (AvgIpc) is 2.35. The largest absolute Gasteiger partial charge is 0.481 e. The average molecular weight is 297 g/mol. The maximum Gasteiger partial charge on any atom is 0.303 e. The molecule has 0 aliphatic carbocycles. The molecular formula is C12H15N3O4S. The minimum Gasteiger partial charge on any atom is -0.481 e. The summed E-state index contributed by atoms with van der Waals surface area (Å²) >= 11 is 0. The number of carboxylic acids is 1. The van der Waals surface area contributed by atoms with Gasteiger partial charge in [-0.15, -0.1) is 0 Å². The molecule has 1 aromatic rings. The number of hydrogen-bond donors (Lipinski definition) is 2. The summed E-state index contributed by atoms with van der Waals surface area (Å²) in [6.45, 7) is 3.18. The number of carboxylic acid groups (broad SMARTS) is 1. The predicted octanol–water partition coefficient (Wildman–Crippen LogP) is 0.875. The van der Waals surface area contributed by atoms with E-state index in [4.69, 9.17) is 10.4 Å². The minimum absolute atomic E-state index is 0.125. The Kier molecular flexibility index (Phi) is 4.81. The smallest absolute Gasteiger partial charge is 0.303 e. The predicted molar refractivity (Wildman–Crippen MR) is 70.2 cm³/mol. The number of rotatable bonds is 6. The lowest BCUT2D eigenvalue weighted by Gasteiger charge is -2.25. The molecule has 0 aliphatic heterocycles. The van der Waals surface area contributed by atoms with Crippen molar-refractivity contribution in [2.24, 2.45) is 0 Å². The van der Waals surface area contributed by atoms with Crippen molar-refractivity contribution in [3.8, 4) is 6.07 Å². The number of pyridine rings is 1. The molecule has 0 fully saturated rings. The van der Waals surface area contributed by atoms with Crippen LogP contribution in [0.3, 0.4) is 0 Å². The lowest BCUT2D eigenvalue weighted by molar-refractivity contribution is -0.137. The Hall–Kier alpha value is -1.98. The quantitative estimate of drug-likeness (QED) is 0.804. The van der Waals surface area contributed by atoms with Crippen LogP contribution < -0.4 is 4.72 Å². The molecule has 0 amide bonds. The molecule has 2 N–H and O–H groups in total. The van der Waals surface area contributed by atoms with Gasteiger partial charge >= 0.3 is 5.97 Å². The Morgan fingerprint density at radius 1 is 1.50 bits per heavy atom. The van der Waals surface area contributed by atoms with Gasteiger partial charge in [-0.1, -0.05) is 0 Å². The molecule has 1 rings (SSSR count). The Balaban J connectivity index is 2.94. The summed E-state index contributed by atoms with van der Waals surface area (Å²) in [4.78, 5) is 14.1. The van der Waals surface area contributed by atoms with Crippen LogP contribution in [0, 0.1) is 11.3 Å². The van der Waals surface area contributed by atoms with Gasteiger partial charge in [0.2, 0.25) is 10.0 Å². The van der Waals surface area contributed by atoms with Crippen LogP contribution in [0.5, 0.6) is 0 Å². The van der Waals surface area contributed by atoms with E-state index in [1.165, 1.54) is 12.3 Å². The summed E-state index contributed by atoms with van der Waals surface area (Å²) in [7, 11) is -3.85. The van der Waals surface area contributed by atoms with E-state index < -0.39 is 21.5 Å². The van der Waals surface area contributed by atoms with E-state index in [9.17, 15) is 13.2 Å². The van der Waals surface area contributed by atoms with Crippen molar-refractivity contribution < 1.29 is 18.3 Å². The van der Waals surface area contributed by atoms with Crippen LogP contribution in [0.4, 0.5) is 0 Å². The second kappa shape index (κ2) is 5.98. The second-order valence-corrected chi connectivity index (χ2v) is 6.59. The Labute approximate surface area is 117 Å². The number of aromatic nitrogens is 1. The van der Waals surface area contributed by atoms with E-state index in [1.54, 1.807) is 13.8 Å². The van der Waals surface area contributed by atoms with Crippen LogP contribution in [0.25, 0.3) is 0 Å². The molecule has 0 saturated carbocycles. The zero-order valence-corrected chi connectivity index (χ0v) is 11.9. The summed E-state index contributed by atoms with van der Waals surface area (Å²) < 4.78 is 26.7. The lowest BCUT2D eigenvalue weighted by Crippen LogP contribution is -2.43. The van der Waals surface area contributed by atoms with Crippen molar-refractivity contribution in [1.82, 2.24) is 9.71 Å². The van der Waals surface area contributed by atoms with E-state index in [-0.39, 0.29) is 23.3 Å². The maximum absolute atomic E-state index is 12.2. The number of nitrogens with one attached hydrogen (secondary N) is 1. The van der Waals surface area contributed by atoms with Crippen molar-refractivity contribution in [2.75, 3.05) is 0 Å². The van der Waals surface area contributed by atoms with Gasteiger partial charge < -0.3 is 5.11 Å². The first-order chi connectivity index (χ1) is 9.16. The topological polar surface area (TPSA) is 120 Å². The van der Waals surface area contributed by atoms with Gasteiger partial charge in [0, 0.05) is 24.4 Å². The monoisotopic (exact) mass is 297 g/mol. The fourth-order valence-corrected chi connectivity index (χ4v) is 2.95. The molecule has 0 aromatic carbocycles. The van der Waals surface area contributed by atoms with E-state index in [0.29, 0.717) is 0 Å². The number of nitrogens with zero attached hydrogens (tertiary/aromatic N) is 2. The first-order valence-electron chi connectivity index (χ1n) is 5.77. The van der Waals surface area contributed by atoms with Gasteiger partial charge in [-0.05, 0) is 26.3 Å². The summed E-state index contributed by atoms with van der Waals surface area (Å²) in [6, 6.07) is 3.02. The van der Waals surface area contributed by atoms with Crippen LogP contribution in [0.1, 0.15) is 32.3 Å². The number of sulfonamides is 1. The first kappa shape index (κ1) is 16.1. The lowest BCUT2D eigenvalue weighted by atomic mass is 10.0. The van der Waals surface area contributed by atoms with Crippen LogP contribution in [-0.2, 0) is 14.8 Å². The molecule has 0 radical (unpaired) electrons. The zero-order chi connectivity index (χ0) is 15.4. The fourth-order valence-electron chi connectivity index (χ4n) is 1.52. The third-order valence-electron chi connectivity index (χ3n) is 2.53. The first-order valence-corrected chi connectivity index (χ1v) is 7.25. The van der Waals surface area contributed by atoms with Crippen LogP contribution >= 0.6 is 0 Å². The van der Waals surface area contributed by atoms with Gasteiger partial charge in [-0.25, -0.2) is 13.1 Å². The van der Waals surface area contributed by atoms with Crippen molar-refractivity contribution in [3.05, 3.63) is 24.0 Å². The summed E-state index contributed by atoms with van der Waals surface area (Å²) in [5.41, 5.74) is -0.781. The Bertz CT molecular complexity index is 647. The van der Waals surface area contributed by atoms with E-state index in [0.717, 1.165) is 6.20 Å². The number of aliphatic carboxylic acids is 1. The van der Waals surface area contributed by atoms with Gasteiger partial charge in [0.25, 0.3) is 0 Å². The molecule has 0 bridgehead atoms. The van der Waals surface area contributed by atoms with Gasteiger partial charge in [0.1, 0.15) is 11.0 Å². The normalized spacial score (nSPS) is 11.8.